The summed E-state index contributed by atoms with van der Waals surface area (Å²) >= 11 is 7.69. The van der Waals surface area contributed by atoms with E-state index in [1.807, 2.05) is 0 Å². The number of nitrogens with two attached hydrogens (primary N) is 1. The van der Waals surface area contributed by atoms with Crippen LogP contribution in [-0.2, 0) is 0 Å². The van der Waals surface area contributed by atoms with Crippen molar-refractivity contribution in [3.63, 3.8) is 0 Å². The first-order valence-corrected chi connectivity index (χ1v) is 5.05. The Morgan fingerprint density at radius 2 is 2.13 bits per heavy atom. The topological polar surface area (TPSA) is 87.4 Å². The van der Waals surface area contributed by atoms with Gasteiger partial charge in [-0.1, -0.05) is 15.9 Å². The van der Waals surface area contributed by atoms with Crippen LogP contribution >= 0.6 is 28.1 Å². The number of thiocarbonyl (C=S) groups is 1. The molecule has 5 N–H and O–H groups in total. The highest BCUT2D eigenvalue weighted by Crippen LogP contribution is 2.21. The number of carbonyl (C=O) groups excluding carboxylic acids is 1. The molecule has 0 heterocycles. The molecular weight excluding hydrogens is 282 g/mol. The van der Waals surface area contributed by atoms with E-state index in [-0.39, 0.29) is 16.4 Å². The summed E-state index contributed by atoms with van der Waals surface area (Å²) in [5.41, 5.74) is 9.74. The van der Waals surface area contributed by atoms with Crippen molar-refractivity contribution >= 4 is 39.2 Å². The van der Waals surface area contributed by atoms with Crippen molar-refractivity contribution in [1.29, 1.82) is 0 Å². The van der Waals surface area contributed by atoms with E-state index in [0.717, 1.165) is 0 Å². The molecule has 0 bridgehead atoms. The summed E-state index contributed by atoms with van der Waals surface area (Å²) in [4.78, 5) is 11.5. The van der Waals surface area contributed by atoms with Gasteiger partial charge in [-0.25, -0.2) is 0 Å². The van der Waals surface area contributed by atoms with Crippen LogP contribution in [0.3, 0.4) is 0 Å². The normalized spacial score (nSPS) is 9.40. The molecule has 1 aromatic rings. The molecule has 1 amide bonds. The maximum absolute atomic E-state index is 11.5. The van der Waals surface area contributed by atoms with Crippen LogP contribution in [0.2, 0.25) is 0 Å². The summed E-state index contributed by atoms with van der Waals surface area (Å²) in [6.07, 6.45) is 0. The minimum atomic E-state index is -0.526. The zero-order valence-electron chi connectivity index (χ0n) is 7.45. The number of phenols is 1. The molecule has 0 aliphatic carbocycles. The second-order valence-electron chi connectivity index (χ2n) is 2.60. The van der Waals surface area contributed by atoms with Crippen LogP contribution in [0.25, 0.3) is 0 Å². The van der Waals surface area contributed by atoms with E-state index in [0.29, 0.717) is 4.47 Å². The molecule has 1 aromatic carbocycles. The Bertz CT molecular complexity index is 411. The zero-order valence-corrected chi connectivity index (χ0v) is 9.85. The fourth-order valence-electron chi connectivity index (χ4n) is 0.876. The van der Waals surface area contributed by atoms with E-state index < -0.39 is 5.91 Å². The standard InChI is InChI=1S/C8H8BrN3O2S/c9-4-1-2-6(13)5(3-4)7(14)11-12-8(10)15/h1-3,13H,(H,11,14)(H3,10,12,15). The number of halogens is 1. The maximum Gasteiger partial charge on any atom is 0.273 e. The van der Waals surface area contributed by atoms with Crippen LogP contribution in [0, 0.1) is 0 Å². The lowest BCUT2D eigenvalue weighted by Crippen LogP contribution is -2.44. The first-order valence-electron chi connectivity index (χ1n) is 3.85. The van der Waals surface area contributed by atoms with Gasteiger partial charge in [0.15, 0.2) is 5.11 Å². The quantitative estimate of drug-likeness (QED) is 0.450. The van der Waals surface area contributed by atoms with Crippen molar-refractivity contribution in [2.75, 3.05) is 0 Å². The molecule has 0 saturated carbocycles. The van der Waals surface area contributed by atoms with Crippen LogP contribution in [0.5, 0.6) is 5.75 Å². The lowest BCUT2D eigenvalue weighted by Gasteiger charge is -2.07. The molecule has 80 valence electrons. The Morgan fingerprint density at radius 3 is 2.73 bits per heavy atom. The second kappa shape index (κ2) is 4.94. The molecule has 15 heavy (non-hydrogen) atoms. The predicted molar refractivity (Wildman–Crippen MR) is 63.2 cm³/mol. The molecule has 0 radical (unpaired) electrons. The number of amides is 1. The highest BCUT2D eigenvalue weighted by molar-refractivity contribution is 9.10. The van der Waals surface area contributed by atoms with Gasteiger partial charge in [-0.15, -0.1) is 0 Å². The van der Waals surface area contributed by atoms with E-state index in [1.54, 1.807) is 6.07 Å². The molecule has 0 atom stereocenters. The highest BCUT2D eigenvalue weighted by atomic mass is 79.9. The molecule has 0 spiro atoms. The van der Waals surface area contributed by atoms with E-state index in [9.17, 15) is 9.90 Å². The van der Waals surface area contributed by atoms with Crippen molar-refractivity contribution < 1.29 is 9.90 Å². The number of phenolic OH excluding ortho intramolecular Hbond substituents is 1. The third-order valence-corrected chi connectivity index (χ3v) is 2.10. The van der Waals surface area contributed by atoms with E-state index in [4.69, 9.17) is 5.73 Å². The molecule has 0 saturated heterocycles. The monoisotopic (exact) mass is 289 g/mol. The number of hydrogen-bond acceptors (Lipinski definition) is 3. The molecule has 0 unspecified atom stereocenters. The number of hydrogen-bond donors (Lipinski definition) is 4. The predicted octanol–water partition coefficient (Wildman–Crippen LogP) is 0.633. The van der Waals surface area contributed by atoms with Crippen molar-refractivity contribution in [1.82, 2.24) is 10.9 Å². The van der Waals surface area contributed by atoms with Crippen molar-refractivity contribution in [2.24, 2.45) is 5.73 Å². The summed E-state index contributed by atoms with van der Waals surface area (Å²) in [5.74, 6) is -0.651. The Balaban J connectivity index is 2.81. The Labute approximate surface area is 99.8 Å². The number of hydrazine groups is 1. The van der Waals surface area contributed by atoms with Gasteiger partial charge in [0.2, 0.25) is 0 Å². The lowest BCUT2D eigenvalue weighted by atomic mass is 10.2. The van der Waals surface area contributed by atoms with Crippen molar-refractivity contribution in [3.8, 4) is 5.75 Å². The first-order chi connectivity index (χ1) is 7.00. The molecule has 7 heteroatoms. The SMILES string of the molecule is NC(=S)NNC(=O)c1cc(Br)ccc1O. The van der Waals surface area contributed by atoms with Crippen molar-refractivity contribution in [3.05, 3.63) is 28.2 Å². The van der Waals surface area contributed by atoms with Gasteiger partial charge in [0.1, 0.15) is 5.75 Å². The van der Waals surface area contributed by atoms with Crippen LogP contribution in [0.1, 0.15) is 10.4 Å². The number of nitrogens with one attached hydrogen (secondary N) is 2. The van der Waals surface area contributed by atoms with Gasteiger partial charge in [0, 0.05) is 4.47 Å². The van der Waals surface area contributed by atoms with Crippen LogP contribution in [0.15, 0.2) is 22.7 Å². The molecule has 1 rings (SSSR count). The summed E-state index contributed by atoms with van der Waals surface area (Å²) < 4.78 is 0.681. The highest BCUT2D eigenvalue weighted by Gasteiger charge is 2.10. The Kier molecular flexibility index (Phi) is 3.87. The number of rotatable bonds is 1. The average molecular weight is 290 g/mol. The number of benzene rings is 1. The van der Waals surface area contributed by atoms with E-state index in [1.165, 1.54) is 12.1 Å². The van der Waals surface area contributed by atoms with Gasteiger partial charge >= 0.3 is 0 Å². The fraction of sp³-hybridized carbons (Fsp3) is 0. The minimum Gasteiger partial charge on any atom is -0.507 e. The number of aromatic hydroxyl groups is 1. The van der Waals surface area contributed by atoms with Gasteiger partial charge in [-0.2, -0.15) is 0 Å². The maximum atomic E-state index is 11.5. The third-order valence-electron chi connectivity index (χ3n) is 1.50. The third kappa shape index (κ3) is 3.37. The zero-order chi connectivity index (χ0) is 11.4. The van der Waals surface area contributed by atoms with Crippen LogP contribution in [0.4, 0.5) is 0 Å². The van der Waals surface area contributed by atoms with Gasteiger partial charge < -0.3 is 10.8 Å². The molecular formula is C8H8BrN3O2S. The van der Waals surface area contributed by atoms with Gasteiger partial charge in [-0.3, -0.25) is 15.6 Å². The van der Waals surface area contributed by atoms with Crippen LogP contribution in [-0.4, -0.2) is 16.1 Å². The van der Waals surface area contributed by atoms with Gasteiger partial charge in [0.05, 0.1) is 5.56 Å². The lowest BCUT2D eigenvalue weighted by molar-refractivity contribution is 0.0941. The average Bonchev–Trinajstić information content (AvgIpc) is 2.18. The molecule has 5 nitrogen and oxygen atoms in total. The Hall–Kier alpha value is -1.34. The largest absolute Gasteiger partial charge is 0.507 e. The van der Waals surface area contributed by atoms with Gasteiger partial charge in [0.25, 0.3) is 5.91 Å². The fourth-order valence-corrected chi connectivity index (χ4v) is 1.29. The van der Waals surface area contributed by atoms with Crippen LogP contribution < -0.4 is 16.6 Å². The molecule has 0 aromatic heterocycles. The molecule has 0 aliphatic heterocycles. The van der Waals surface area contributed by atoms with E-state index >= 15 is 0 Å². The summed E-state index contributed by atoms with van der Waals surface area (Å²) in [6.45, 7) is 0. The Morgan fingerprint density at radius 1 is 1.47 bits per heavy atom. The summed E-state index contributed by atoms with van der Waals surface area (Å²) in [7, 11) is 0. The summed E-state index contributed by atoms with van der Waals surface area (Å²) in [5, 5.41) is 9.34. The van der Waals surface area contributed by atoms with Gasteiger partial charge in [-0.05, 0) is 30.4 Å². The molecule has 0 aliphatic rings. The second-order valence-corrected chi connectivity index (χ2v) is 3.96. The molecule has 0 fully saturated rings. The minimum absolute atomic E-state index is 0.0576. The number of carbonyl (C=O) groups is 1. The van der Waals surface area contributed by atoms with E-state index in [2.05, 4.69) is 39.0 Å². The smallest absolute Gasteiger partial charge is 0.273 e. The summed E-state index contributed by atoms with van der Waals surface area (Å²) in [6, 6.07) is 4.50. The first kappa shape index (κ1) is 11.7. The van der Waals surface area contributed by atoms with Crippen molar-refractivity contribution in [2.45, 2.75) is 0 Å².